The molecule has 1 aromatic carbocycles. The first-order chi connectivity index (χ1) is 10.6. The van der Waals surface area contributed by atoms with Crippen LogP contribution < -0.4 is 4.90 Å². The van der Waals surface area contributed by atoms with Gasteiger partial charge in [0.2, 0.25) is 0 Å². The molecule has 0 aliphatic rings. The van der Waals surface area contributed by atoms with Gasteiger partial charge in [-0.15, -0.1) is 0 Å². The first kappa shape index (κ1) is 15.0. The van der Waals surface area contributed by atoms with E-state index in [1.807, 2.05) is 67.3 Å². The predicted molar refractivity (Wildman–Crippen MR) is 96.9 cm³/mol. The average Bonchev–Trinajstić information content (AvgIpc) is 2.89. The highest BCUT2D eigenvalue weighted by molar-refractivity contribution is 14.1. The van der Waals surface area contributed by atoms with Crippen molar-refractivity contribution in [3.63, 3.8) is 0 Å². The van der Waals surface area contributed by atoms with Gasteiger partial charge in [0.15, 0.2) is 0 Å². The molecule has 0 saturated carbocycles. The van der Waals surface area contributed by atoms with E-state index in [0.29, 0.717) is 6.54 Å². The Kier molecular flexibility index (Phi) is 4.37. The molecule has 3 aromatic rings. The normalized spacial score (nSPS) is 11.4. The van der Waals surface area contributed by atoms with E-state index >= 15 is 0 Å². The third-order valence-corrected chi connectivity index (χ3v) is 3.89. The Morgan fingerprint density at radius 2 is 1.86 bits per heavy atom. The van der Waals surface area contributed by atoms with Crippen LogP contribution in [0.2, 0.25) is 0 Å². The average molecular weight is 405 g/mol. The third-order valence-electron chi connectivity index (χ3n) is 3.25. The molecule has 0 amide bonds. The lowest BCUT2D eigenvalue weighted by Gasteiger charge is -2.11. The third kappa shape index (κ3) is 3.44. The number of nitrogens with zero attached hydrogens (tertiary/aromatic N) is 5. The fourth-order valence-electron chi connectivity index (χ4n) is 2.10. The second-order valence-electron chi connectivity index (χ2n) is 5.16. The van der Waals surface area contributed by atoms with Crippen molar-refractivity contribution in [2.75, 3.05) is 19.0 Å². The molecule has 0 spiro atoms. The van der Waals surface area contributed by atoms with Crippen LogP contribution in [0.1, 0.15) is 5.69 Å². The minimum absolute atomic E-state index is 0.480. The van der Waals surface area contributed by atoms with E-state index in [1.54, 1.807) is 0 Å². The monoisotopic (exact) mass is 405 g/mol. The summed E-state index contributed by atoms with van der Waals surface area (Å²) in [5, 5.41) is 8.48. The number of pyridine rings is 1. The number of anilines is 1. The Balaban J connectivity index is 1.70. The van der Waals surface area contributed by atoms with Gasteiger partial charge in [-0.1, -0.05) is 0 Å². The highest BCUT2D eigenvalue weighted by Crippen LogP contribution is 2.18. The van der Waals surface area contributed by atoms with Gasteiger partial charge in [-0.05, 0) is 59.0 Å². The van der Waals surface area contributed by atoms with Gasteiger partial charge in [-0.3, -0.25) is 0 Å². The molecular formula is C16H16IN5. The van der Waals surface area contributed by atoms with E-state index < -0.39 is 0 Å². The van der Waals surface area contributed by atoms with Crippen molar-refractivity contribution < 1.29 is 0 Å². The van der Waals surface area contributed by atoms with Crippen LogP contribution in [0.5, 0.6) is 0 Å². The Morgan fingerprint density at radius 3 is 2.59 bits per heavy atom. The Hall–Kier alpha value is -1.96. The number of fused-ring (bicyclic) bond motifs is 1. The number of azo groups is 1. The van der Waals surface area contributed by atoms with Crippen LogP contribution >= 0.6 is 22.6 Å². The van der Waals surface area contributed by atoms with Crippen LogP contribution in [0.3, 0.4) is 0 Å². The predicted octanol–water partition coefficient (Wildman–Crippen LogP) is 4.29. The van der Waals surface area contributed by atoms with Crippen LogP contribution in [0.15, 0.2) is 59.0 Å². The first-order valence-electron chi connectivity index (χ1n) is 6.90. The van der Waals surface area contributed by atoms with Crippen molar-refractivity contribution in [2.45, 2.75) is 6.54 Å². The Labute approximate surface area is 142 Å². The minimum Gasteiger partial charge on any atom is -0.378 e. The summed E-state index contributed by atoms with van der Waals surface area (Å²) in [7, 11) is 4.03. The number of hydrogen-bond donors (Lipinski definition) is 0. The number of benzene rings is 1. The van der Waals surface area contributed by atoms with Gasteiger partial charge in [-0.2, -0.15) is 10.2 Å². The quantitative estimate of drug-likeness (QED) is 0.480. The molecule has 0 aliphatic heterocycles. The summed E-state index contributed by atoms with van der Waals surface area (Å²) in [6.45, 7) is 0.480. The van der Waals surface area contributed by atoms with Crippen LogP contribution in [0, 0.1) is 3.57 Å². The summed E-state index contributed by atoms with van der Waals surface area (Å²) in [6, 6.07) is 12.0. The molecule has 3 rings (SSSR count). The Morgan fingerprint density at radius 1 is 1.09 bits per heavy atom. The molecule has 5 nitrogen and oxygen atoms in total. The van der Waals surface area contributed by atoms with Gasteiger partial charge >= 0.3 is 0 Å². The summed E-state index contributed by atoms with van der Waals surface area (Å²) in [6.07, 6.45) is 4.04. The van der Waals surface area contributed by atoms with E-state index in [2.05, 4.69) is 42.7 Å². The Bertz CT molecular complexity index is 805. The largest absolute Gasteiger partial charge is 0.378 e. The lowest BCUT2D eigenvalue weighted by Crippen LogP contribution is -2.07. The standard InChI is InChI=1S/C16H16IN5/c1-21(2)15-6-4-13(5-7-15)20-18-9-14-11-22-10-12(17)3-8-16(22)19-14/h3-8,10-11H,9H2,1-2H3. The van der Waals surface area contributed by atoms with E-state index in [4.69, 9.17) is 0 Å². The molecule has 2 aromatic heterocycles. The van der Waals surface area contributed by atoms with Crippen molar-refractivity contribution in [2.24, 2.45) is 10.2 Å². The van der Waals surface area contributed by atoms with Gasteiger partial charge in [0, 0.05) is 35.7 Å². The van der Waals surface area contributed by atoms with Crippen molar-refractivity contribution in [1.29, 1.82) is 0 Å². The zero-order valence-corrected chi connectivity index (χ0v) is 14.6. The molecule has 22 heavy (non-hydrogen) atoms. The van der Waals surface area contributed by atoms with E-state index in [0.717, 1.165) is 22.7 Å². The summed E-state index contributed by atoms with van der Waals surface area (Å²) < 4.78 is 3.19. The zero-order chi connectivity index (χ0) is 15.5. The van der Waals surface area contributed by atoms with Gasteiger partial charge in [0.25, 0.3) is 0 Å². The smallest absolute Gasteiger partial charge is 0.137 e. The molecule has 2 heterocycles. The summed E-state index contributed by atoms with van der Waals surface area (Å²) in [5.74, 6) is 0. The molecule has 0 radical (unpaired) electrons. The fourth-order valence-corrected chi connectivity index (χ4v) is 2.58. The van der Waals surface area contributed by atoms with Gasteiger partial charge in [0.05, 0.1) is 11.4 Å². The molecule has 0 fully saturated rings. The van der Waals surface area contributed by atoms with E-state index in [9.17, 15) is 0 Å². The maximum atomic E-state index is 4.52. The van der Waals surface area contributed by atoms with E-state index in [-0.39, 0.29) is 0 Å². The number of halogens is 1. The number of hydrogen-bond acceptors (Lipinski definition) is 4. The molecular weight excluding hydrogens is 389 g/mol. The lowest BCUT2D eigenvalue weighted by atomic mass is 10.3. The summed E-state index contributed by atoms with van der Waals surface area (Å²) >= 11 is 2.29. The molecule has 0 bridgehead atoms. The van der Waals surface area contributed by atoms with E-state index in [1.165, 1.54) is 3.57 Å². The molecule has 0 unspecified atom stereocenters. The van der Waals surface area contributed by atoms with Gasteiger partial charge in [-0.25, -0.2) is 4.98 Å². The highest BCUT2D eigenvalue weighted by Gasteiger charge is 2.01. The molecule has 0 saturated heterocycles. The van der Waals surface area contributed by atoms with Crippen molar-refractivity contribution in [3.05, 3.63) is 58.1 Å². The number of aromatic nitrogens is 2. The summed E-state index contributed by atoms with van der Waals surface area (Å²) in [5.41, 5.74) is 3.84. The lowest BCUT2D eigenvalue weighted by molar-refractivity contribution is 0.928. The molecule has 0 atom stereocenters. The fraction of sp³-hybridized carbons (Fsp3) is 0.188. The number of rotatable bonds is 4. The summed E-state index contributed by atoms with van der Waals surface area (Å²) in [4.78, 5) is 6.58. The molecule has 0 N–H and O–H groups in total. The van der Waals surface area contributed by atoms with Gasteiger partial charge < -0.3 is 9.30 Å². The highest BCUT2D eigenvalue weighted by atomic mass is 127. The van der Waals surface area contributed by atoms with Crippen LogP contribution in [-0.4, -0.2) is 23.5 Å². The van der Waals surface area contributed by atoms with Gasteiger partial charge in [0.1, 0.15) is 12.2 Å². The molecule has 0 aliphatic carbocycles. The van der Waals surface area contributed by atoms with Crippen molar-refractivity contribution in [3.8, 4) is 0 Å². The van der Waals surface area contributed by atoms with Crippen molar-refractivity contribution in [1.82, 2.24) is 9.38 Å². The van der Waals surface area contributed by atoms with Crippen LogP contribution in [0.4, 0.5) is 11.4 Å². The molecule has 112 valence electrons. The van der Waals surface area contributed by atoms with Crippen molar-refractivity contribution >= 4 is 39.6 Å². The zero-order valence-electron chi connectivity index (χ0n) is 12.4. The maximum Gasteiger partial charge on any atom is 0.137 e. The second kappa shape index (κ2) is 6.43. The minimum atomic E-state index is 0.480. The molecule has 6 heteroatoms. The SMILES string of the molecule is CN(C)c1ccc(N=NCc2cn3cc(I)ccc3n2)cc1. The first-order valence-corrected chi connectivity index (χ1v) is 7.98. The maximum absolute atomic E-state index is 4.52. The number of imidazole rings is 1. The second-order valence-corrected chi connectivity index (χ2v) is 6.40. The van der Waals surface area contributed by atoms with Crippen LogP contribution in [0.25, 0.3) is 5.65 Å². The topological polar surface area (TPSA) is 45.3 Å². The van der Waals surface area contributed by atoms with Crippen LogP contribution in [-0.2, 0) is 6.54 Å².